The molecule has 1 N–H and O–H groups in total. The monoisotopic (exact) mass is 338 g/mol. The highest BCUT2D eigenvalue weighted by Crippen LogP contribution is 2.37. The van der Waals surface area contributed by atoms with E-state index in [1.165, 1.54) is 12.1 Å². The molecule has 128 valence electrons. The third kappa shape index (κ3) is 4.07. The molecule has 6 heteroatoms. The first-order valence-corrected chi connectivity index (χ1v) is 7.20. The van der Waals surface area contributed by atoms with Gasteiger partial charge in [0.05, 0.1) is 5.56 Å². The molecule has 3 nitrogen and oxygen atoms in total. The second kappa shape index (κ2) is 6.19. The molecule has 0 aromatic heterocycles. The van der Waals surface area contributed by atoms with Crippen LogP contribution in [0.2, 0.25) is 0 Å². The summed E-state index contributed by atoms with van der Waals surface area (Å²) in [4.78, 5) is 11.2. The molecule has 0 aliphatic rings. The molecular weight excluding hydrogens is 321 g/mol. The number of aldehydes is 1. The van der Waals surface area contributed by atoms with Gasteiger partial charge in [0.2, 0.25) is 0 Å². The van der Waals surface area contributed by atoms with Crippen molar-refractivity contribution in [1.29, 1.82) is 0 Å². The van der Waals surface area contributed by atoms with E-state index in [-0.39, 0.29) is 22.5 Å². The van der Waals surface area contributed by atoms with Gasteiger partial charge in [0.15, 0.2) is 6.29 Å². The molecule has 24 heavy (non-hydrogen) atoms. The highest BCUT2D eigenvalue weighted by Gasteiger charge is 2.31. The quantitative estimate of drug-likeness (QED) is 0.795. The van der Waals surface area contributed by atoms with E-state index < -0.39 is 6.36 Å². The van der Waals surface area contributed by atoms with Gasteiger partial charge in [-0.25, -0.2) is 0 Å². The van der Waals surface area contributed by atoms with E-state index >= 15 is 0 Å². The Morgan fingerprint density at radius 1 is 1.04 bits per heavy atom. The van der Waals surface area contributed by atoms with E-state index in [4.69, 9.17) is 0 Å². The summed E-state index contributed by atoms with van der Waals surface area (Å²) in [5, 5.41) is 10.2. The largest absolute Gasteiger partial charge is 0.573 e. The molecule has 2 rings (SSSR count). The lowest BCUT2D eigenvalue weighted by atomic mass is 9.84. The van der Waals surface area contributed by atoms with Crippen molar-refractivity contribution in [3.63, 3.8) is 0 Å². The minimum Gasteiger partial charge on any atom is -0.507 e. The van der Waals surface area contributed by atoms with E-state index in [0.29, 0.717) is 17.4 Å². The molecule has 2 aromatic carbocycles. The molecule has 0 amide bonds. The van der Waals surface area contributed by atoms with Crippen LogP contribution in [0, 0.1) is 0 Å². The molecule has 0 aliphatic carbocycles. The Morgan fingerprint density at radius 3 is 2.08 bits per heavy atom. The Labute approximate surface area is 137 Å². The fraction of sp³-hybridized carbons (Fsp3) is 0.278. The lowest BCUT2D eigenvalue weighted by Gasteiger charge is -2.21. The zero-order valence-corrected chi connectivity index (χ0v) is 13.4. The van der Waals surface area contributed by atoms with Crippen LogP contribution in [0.15, 0.2) is 36.4 Å². The SMILES string of the molecule is CC(C)(C)c1cc(C=O)c(O)c(-c2ccc(OC(F)(F)F)cc2)c1. The Kier molecular flexibility index (Phi) is 4.60. The second-order valence-electron chi connectivity index (χ2n) is 6.40. The van der Waals surface area contributed by atoms with Crippen LogP contribution in [0.25, 0.3) is 11.1 Å². The maximum atomic E-state index is 12.2. The molecule has 0 saturated carbocycles. The van der Waals surface area contributed by atoms with Gasteiger partial charge in [-0.2, -0.15) is 0 Å². The number of ether oxygens (including phenoxy) is 1. The molecule has 2 aromatic rings. The van der Waals surface area contributed by atoms with Crippen molar-refractivity contribution >= 4 is 6.29 Å². The molecule has 0 bridgehead atoms. The average Bonchev–Trinajstić information content (AvgIpc) is 2.45. The predicted octanol–water partition coefficient (Wildman–Crippen LogP) is 5.07. The van der Waals surface area contributed by atoms with Gasteiger partial charge in [0, 0.05) is 5.56 Å². The van der Waals surface area contributed by atoms with Crippen LogP contribution in [-0.2, 0) is 5.41 Å². The number of alkyl halides is 3. The summed E-state index contributed by atoms with van der Waals surface area (Å²) in [7, 11) is 0. The van der Waals surface area contributed by atoms with Crippen molar-refractivity contribution in [1.82, 2.24) is 0 Å². The molecule has 0 atom stereocenters. The van der Waals surface area contributed by atoms with E-state index in [9.17, 15) is 23.1 Å². The van der Waals surface area contributed by atoms with E-state index in [1.54, 1.807) is 12.1 Å². The van der Waals surface area contributed by atoms with Crippen molar-refractivity contribution in [3.8, 4) is 22.6 Å². The topological polar surface area (TPSA) is 46.5 Å². The van der Waals surface area contributed by atoms with Crippen LogP contribution < -0.4 is 4.74 Å². The normalized spacial score (nSPS) is 12.1. The average molecular weight is 338 g/mol. The van der Waals surface area contributed by atoms with Gasteiger partial charge in [-0.15, -0.1) is 13.2 Å². The highest BCUT2D eigenvalue weighted by molar-refractivity contribution is 5.86. The Morgan fingerprint density at radius 2 is 1.62 bits per heavy atom. The van der Waals surface area contributed by atoms with Gasteiger partial charge < -0.3 is 9.84 Å². The summed E-state index contributed by atoms with van der Waals surface area (Å²) in [6.45, 7) is 5.87. The number of hydrogen-bond acceptors (Lipinski definition) is 3. The smallest absolute Gasteiger partial charge is 0.507 e. The molecule has 0 radical (unpaired) electrons. The number of hydrogen-bond donors (Lipinski definition) is 1. The third-order valence-electron chi connectivity index (χ3n) is 3.53. The minimum atomic E-state index is -4.76. The summed E-state index contributed by atoms with van der Waals surface area (Å²) in [6, 6.07) is 8.45. The van der Waals surface area contributed by atoms with Crippen LogP contribution in [-0.4, -0.2) is 17.8 Å². The third-order valence-corrected chi connectivity index (χ3v) is 3.53. The van der Waals surface area contributed by atoms with Crippen LogP contribution >= 0.6 is 0 Å². The van der Waals surface area contributed by atoms with Gasteiger partial charge in [-0.1, -0.05) is 32.9 Å². The zero-order chi connectivity index (χ0) is 18.1. The highest BCUT2D eigenvalue weighted by atomic mass is 19.4. The molecular formula is C18H17F3O3. The van der Waals surface area contributed by atoms with Crippen LogP contribution in [0.1, 0.15) is 36.7 Å². The van der Waals surface area contributed by atoms with Crippen molar-refractivity contribution in [3.05, 3.63) is 47.5 Å². The maximum Gasteiger partial charge on any atom is 0.573 e. The lowest BCUT2D eigenvalue weighted by molar-refractivity contribution is -0.274. The second-order valence-corrected chi connectivity index (χ2v) is 6.40. The number of rotatable bonds is 3. The molecule has 0 saturated heterocycles. The van der Waals surface area contributed by atoms with Crippen molar-refractivity contribution in [2.24, 2.45) is 0 Å². The number of carbonyl (C=O) groups excluding carboxylic acids is 1. The number of carbonyl (C=O) groups is 1. The summed E-state index contributed by atoms with van der Waals surface area (Å²) in [6.07, 6.45) is -4.21. The first-order chi connectivity index (χ1) is 11.0. The summed E-state index contributed by atoms with van der Waals surface area (Å²) in [5.74, 6) is -0.559. The molecule has 0 aliphatic heterocycles. The summed E-state index contributed by atoms with van der Waals surface area (Å²) >= 11 is 0. The predicted molar refractivity (Wildman–Crippen MR) is 84.3 cm³/mol. The number of phenolic OH excluding ortho intramolecular Hbond substituents is 1. The molecule has 0 spiro atoms. The number of benzene rings is 2. The molecule has 0 unspecified atom stereocenters. The van der Waals surface area contributed by atoms with Gasteiger partial charge in [0.25, 0.3) is 0 Å². The maximum absolute atomic E-state index is 12.2. The first-order valence-electron chi connectivity index (χ1n) is 7.20. The minimum absolute atomic E-state index is 0.132. The van der Waals surface area contributed by atoms with Gasteiger partial charge in [-0.05, 0) is 40.8 Å². The van der Waals surface area contributed by atoms with E-state index in [2.05, 4.69) is 4.74 Å². The van der Waals surface area contributed by atoms with Crippen LogP contribution in [0.3, 0.4) is 0 Å². The van der Waals surface area contributed by atoms with Gasteiger partial charge in [0.1, 0.15) is 11.5 Å². The molecule has 0 fully saturated rings. The van der Waals surface area contributed by atoms with E-state index in [1.807, 2.05) is 20.8 Å². The number of phenols is 1. The molecule has 0 heterocycles. The zero-order valence-electron chi connectivity index (χ0n) is 13.4. The van der Waals surface area contributed by atoms with Crippen LogP contribution in [0.4, 0.5) is 13.2 Å². The standard InChI is InChI=1S/C18H17F3O3/c1-17(2,3)13-8-12(10-22)16(23)15(9-13)11-4-6-14(7-5-11)24-18(19,20)21/h4-10,23H,1-3H3. The fourth-order valence-electron chi connectivity index (χ4n) is 2.24. The van der Waals surface area contributed by atoms with Gasteiger partial charge >= 0.3 is 6.36 Å². The van der Waals surface area contributed by atoms with Crippen molar-refractivity contribution < 1.29 is 27.8 Å². The first kappa shape index (κ1) is 17.8. The van der Waals surface area contributed by atoms with E-state index in [0.717, 1.165) is 17.7 Å². The fourth-order valence-corrected chi connectivity index (χ4v) is 2.24. The van der Waals surface area contributed by atoms with Crippen molar-refractivity contribution in [2.45, 2.75) is 32.5 Å². The van der Waals surface area contributed by atoms with Crippen LogP contribution in [0.5, 0.6) is 11.5 Å². The number of halogens is 3. The Hall–Kier alpha value is -2.50. The van der Waals surface area contributed by atoms with Gasteiger partial charge in [-0.3, -0.25) is 4.79 Å². The Balaban J connectivity index is 2.49. The van der Waals surface area contributed by atoms with Crippen molar-refractivity contribution in [2.75, 3.05) is 0 Å². The lowest BCUT2D eigenvalue weighted by Crippen LogP contribution is -2.16. The Bertz CT molecular complexity index is 742. The summed E-state index contributed by atoms with van der Waals surface area (Å²) in [5.41, 5.74) is 1.56. The summed E-state index contributed by atoms with van der Waals surface area (Å²) < 4.78 is 40.5. The number of aromatic hydroxyl groups is 1.